The van der Waals surface area contributed by atoms with E-state index in [1.165, 1.54) is 4.88 Å². The normalized spacial score (nSPS) is 11.3. The molecule has 0 atom stereocenters. The summed E-state index contributed by atoms with van der Waals surface area (Å²) in [4.78, 5) is 12.0. The maximum atomic E-state index is 11.1. The maximum Gasteiger partial charge on any atom is 0.293 e. The fraction of sp³-hybridized carbons (Fsp3) is 0.286. The Hall–Kier alpha value is -1.15. The van der Waals surface area contributed by atoms with E-state index in [1.54, 1.807) is 23.5 Å². The van der Waals surface area contributed by atoms with Crippen molar-refractivity contribution < 1.29 is 4.92 Å². The predicted molar refractivity (Wildman–Crippen MR) is 91.6 cm³/mol. The van der Waals surface area contributed by atoms with Crippen molar-refractivity contribution in [3.05, 3.63) is 54.3 Å². The highest BCUT2D eigenvalue weighted by molar-refractivity contribution is 14.1. The lowest BCUT2D eigenvalue weighted by Gasteiger charge is -2.24. The van der Waals surface area contributed by atoms with Crippen LogP contribution < -0.4 is 5.32 Å². The summed E-state index contributed by atoms with van der Waals surface area (Å²) in [5.41, 5.74) is 0.629. The molecule has 1 N–H and O–H groups in total. The first-order chi connectivity index (χ1) is 9.40. The van der Waals surface area contributed by atoms with Gasteiger partial charge in [0, 0.05) is 26.5 Å². The Kier molecular flexibility index (Phi) is 4.64. The summed E-state index contributed by atoms with van der Waals surface area (Å²) in [6, 6.07) is 9.34. The minimum absolute atomic E-state index is 0.0645. The minimum Gasteiger partial charge on any atom is -0.379 e. The zero-order valence-corrected chi connectivity index (χ0v) is 14.2. The molecule has 0 saturated carbocycles. The molecule has 0 aliphatic rings. The monoisotopic (exact) mass is 402 g/mol. The van der Waals surface area contributed by atoms with Gasteiger partial charge in [-0.3, -0.25) is 10.1 Å². The molecule has 0 spiro atoms. The Morgan fingerprint density at radius 2 is 2.15 bits per heavy atom. The number of thiophene rings is 1. The van der Waals surface area contributed by atoms with Gasteiger partial charge in [0.15, 0.2) is 0 Å². The third kappa shape index (κ3) is 3.49. The molecule has 0 fully saturated rings. The molecule has 0 saturated heterocycles. The van der Waals surface area contributed by atoms with E-state index in [9.17, 15) is 10.1 Å². The Labute approximate surface area is 135 Å². The molecule has 0 aliphatic carbocycles. The van der Waals surface area contributed by atoms with E-state index in [4.69, 9.17) is 0 Å². The fourth-order valence-corrected chi connectivity index (χ4v) is 3.20. The number of halogens is 1. The molecule has 0 amide bonds. The zero-order chi connectivity index (χ0) is 14.8. The predicted octanol–water partition coefficient (Wildman–Crippen LogP) is 4.65. The van der Waals surface area contributed by atoms with E-state index in [0.717, 1.165) is 3.57 Å². The number of hydrogen-bond donors (Lipinski definition) is 1. The van der Waals surface area contributed by atoms with E-state index < -0.39 is 0 Å². The van der Waals surface area contributed by atoms with Gasteiger partial charge < -0.3 is 5.32 Å². The lowest BCUT2D eigenvalue weighted by molar-refractivity contribution is -0.384. The molecule has 106 valence electrons. The summed E-state index contributed by atoms with van der Waals surface area (Å²) in [6.45, 7) is 4.91. The van der Waals surface area contributed by atoms with Crippen molar-refractivity contribution in [2.45, 2.75) is 19.3 Å². The summed E-state index contributed by atoms with van der Waals surface area (Å²) < 4.78 is 0.859. The number of anilines is 1. The van der Waals surface area contributed by atoms with E-state index in [-0.39, 0.29) is 16.0 Å². The van der Waals surface area contributed by atoms with Gasteiger partial charge >= 0.3 is 0 Å². The van der Waals surface area contributed by atoms with Crippen LogP contribution in [0.4, 0.5) is 11.4 Å². The summed E-state index contributed by atoms with van der Waals surface area (Å²) in [7, 11) is 0. The molecule has 0 unspecified atom stereocenters. The van der Waals surface area contributed by atoms with Crippen molar-refractivity contribution in [1.82, 2.24) is 0 Å². The van der Waals surface area contributed by atoms with Crippen LogP contribution in [-0.2, 0) is 5.41 Å². The van der Waals surface area contributed by atoms with Crippen molar-refractivity contribution in [3.8, 4) is 0 Å². The second-order valence-corrected chi connectivity index (χ2v) is 7.33. The van der Waals surface area contributed by atoms with Crippen LogP contribution in [0.3, 0.4) is 0 Å². The van der Waals surface area contributed by atoms with Gasteiger partial charge in [0.2, 0.25) is 0 Å². The Morgan fingerprint density at radius 3 is 2.75 bits per heavy atom. The van der Waals surface area contributed by atoms with Gasteiger partial charge in [-0.1, -0.05) is 19.9 Å². The topological polar surface area (TPSA) is 55.2 Å². The summed E-state index contributed by atoms with van der Waals surface area (Å²) in [6.07, 6.45) is 0. The lowest BCUT2D eigenvalue weighted by Crippen LogP contribution is -2.26. The van der Waals surface area contributed by atoms with Crippen LogP contribution in [0, 0.1) is 13.7 Å². The highest BCUT2D eigenvalue weighted by atomic mass is 127. The summed E-state index contributed by atoms with van der Waals surface area (Å²) in [5.74, 6) is 0. The Morgan fingerprint density at radius 1 is 1.40 bits per heavy atom. The van der Waals surface area contributed by atoms with Gasteiger partial charge in [0.1, 0.15) is 5.69 Å². The Bertz CT molecular complexity index is 612. The van der Waals surface area contributed by atoms with E-state index in [2.05, 4.69) is 47.8 Å². The molecule has 1 heterocycles. The lowest BCUT2D eigenvalue weighted by atomic mass is 9.91. The van der Waals surface area contributed by atoms with Gasteiger partial charge in [0.25, 0.3) is 5.69 Å². The molecular weight excluding hydrogens is 387 g/mol. The van der Waals surface area contributed by atoms with Gasteiger partial charge in [-0.05, 0) is 46.2 Å². The van der Waals surface area contributed by atoms with E-state index in [1.807, 2.05) is 17.5 Å². The van der Waals surface area contributed by atoms with Crippen molar-refractivity contribution in [3.63, 3.8) is 0 Å². The zero-order valence-electron chi connectivity index (χ0n) is 11.2. The van der Waals surface area contributed by atoms with Crippen LogP contribution >= 0.6 is 33.9 Å². The average molecular weight is 402 g/mol. The van der Waals surface area contributed by atoms with Crippen molar-refractivity contribution in [2.75, 3.05) is 11.9 Å². The molecule has 0 radical (unpaired) electrons. The molecule has 20 heavy (non-hydrogen) atoms. The van der Waals surface area contributed by atoms with E-state index >= 15 is 0 Å². The first kappa shape index (κ1) is 15.2. The Balaban J connectivity index is 2.17. The van der Waals surface area contributed by atoms with Crippen molar-refractivity contribution in [2.24, 2.45) is 0 Å². The van der Waals surface area contributed by atoms with Gasteiger partial charge in [-0.25, -0.2) is 0 Å². The molecule has 1 aromatic heterocycles. The molecule has 0 aliphatic heterocycles. The number of nitrogens with one attached hydrogen (secondary N) is 1. The second-order valence-electron chi connectivity index (χ2n) is 5.13. The number of benzene rings is 1. The summed E-state index contributed by atoms with van der Waals surface area (Å²) in [5, 5.41) is 16.3. The smallest absolute Gasteiger partial charge is 0.293 e. The van der Waals surface area contributed by atoms with E-state index in [0.29, 0.717) is 12.2 Å². The van der Waals surface area contributed by atoms with Crippen molar-refractivity contribution in [1.29, 1.82) is 0 Å². The molecule has 0 bridgehead atoms. The van der Waals surface area contributed by atoms with Crippen molar-refractivity contribution >= 4 is 45.3 Å². The SMILES string of the molecule is CC(C)(CNc1ccc(I)cc1[N+](=O)[O-])c1cccs1. The second kappa shape index (κ2) is 6.09. The van der Waals surface area contributed by atoms with Gasteiger partial charge in [-0.2, -0.15) is 0 Å². The largest absolute Gasteiger partial charge is 0.379 e. The van der Waals surface area contributed by atoms with Crippen LogP contribution in [-0.4, -0.2) is 11.5 Å². The third-order valence-electron chi connectivity index (χ3n) is 3.07. The molecular formula is C14H15IN2O2S. The summed E-state index contributed by atoms with van der Waals surface area (Å²) >= 11 is 3.78. The fourth-order valence-electron chi connectivity index (χ4n) is 1.87. The highest BCUT2D eigenvalue weighted by Gasteiger charge is 2.23. The number of rotatable bonds is 5. The average Bonchev–Trinajstić information content (AvgIpc) is 2.91. The molecule has 1 aromatic carbocycles. The highest BCUT2D eigenvalue weighted by Crippen LogP contribution is 2.31. The van der Waals surface area contributed by atoms with Gasteiger partial charge in [-0.15, -0.1) is 11.3 Å². The minimum atomic E-state index is -0.345. The van der Waals surface area contributed by atoms with Crippen LogP contribution in [0.25, 0.3) is 0 Å². The van der Waals surface area contributed by atoms with Crippen LogP contribution in [0.1, 0.15) is 18.7 Å². The molecule has 2 aromatic rings. The van der Waals surface area contributed by atoms with Gasteiger partial charge in [0.05, 0.1) is 4.92 Å². The van der Waals surface area contributed by atoms with Crippen LogP contribution in [0.2, 0.25) is 0 Å². The molecule has 6 heteroatoms. The molecule has 4 nitrogen and oxygen atoms in total. The maximum absolute atomic E-state index is 11.1. The first-order valence-electron chi connectivity index (χ1n) is 6.12. The third-order valence-corrected chi connectivity index (χ3v) is 4.97. The van der Waals surface area contributed by atoms with Crippen LogP contribution in [0.15, 0.2) is 35.7 Å². The molecule has 2 rings (SSSR count). The van der Waals surface area contributed by atoms with Crippen LogP contribution in [0.5, 0.6) is 0 Å². The number of hydrogen-bond acceptors (Lipinski definition) is 4. The number of nitro benzene ring substituents is 1. The number of nitro groups is 1. The number of nitrogens with zero attached hydrogens (tertiary/aromatic N) is 1. The standard InChI is InChI=1S/C14H15IN2O2S/c1-14(2,13-4-3-7-20-13)9-16-11-6-5-10(15)8-12(11)17(18)19/h3-8,16H,9H2,1-2H3. The first-order valence-corrected chi connectivity index (χ1v) is 8.08. The quantitative estimate of drug-likeness (QED) is 0.450.